The molecular formula is C23H28N4O3. The van der Waals surface area contributed by atoms with E-state index in [4.69, 9.17) is 4.74 Å². The van der Waals surface area contributed by atoms with Gasteiger partial charge < -0.3 is 19.9 Å². The fourth-order valence-corrected chi connectivity index (χ4v) is 3.03. The molecule has 7 nitrogen and oxygen atoms in total. The van der Waals surface area contributed by atoms with Gasteiger partial charge in [0.2, 0.25) is 5.91 Å². The maximum atomic E-state index is 12.2. The number of rotatable bonds is 11. The summed E-state index contributed by atoms with van der Waals surface area (Å²) in [6, 6.07) is 14.9. The molecule has 0 bridgehead atoms. The molecule has 0 spiro atoms. The zero-order valence-corrected chi connectivity index (χ0v) is 17.3. The summed E-state index contributed by atoms with van der Waals surface area (Å²) in [5.74, 6) is 0.247. The number of ether oxygens (including phenoxy) is 1. The molecule has 0 fully saturated rings. The third-order valence-corrected chi connectivity index (χ3v) is 4.72. The highest BCUT2D eigenvalue weighted by atomic mass is 16.5. The number of nitrogens with zero attached hydrogens (tertiary/aromatic N) is 2. The fraction of sp³-hybridized carbons (Fsp3) is 0.348. The van der Waals surface area contributed by atoms with E-state index in [0.29, 0.717) is 18.7 Å². The molecule has 30 heavy (non-hydrogen) atoms. The van der Waals surface area contributed by atoms with Gasteiger partial charge in [0.15, 0.2) is 0 Å². The average molecular weight is 409 g/mol. The fourth-order valence-electron chi connectivity index (χ4n) is 3.03. The van der Waals surface area contributed by atoms with Crippen molar-refractivity contribution in [1.82, 2.24) is 20.2 Å². The van der Waals surface area contributed by atoms with Gasteiger partial charge in [-0.25, -0.2) is 4.98 Å². The number of unbranched alkanes of at least 4 members (excludes halogenated alkanes) is 1. The van der Waals surface area contributed by atoms with Gasteiger partial charge in [0.25, 0.3) is 5.91 Å². The summed E-state index contributed by atoms with van der Waals surface area (Å²) in [5, 5.41) is 5.47. The molecule has 2 aromatic carbocycles. The summed E-state index contributed by atoms with van der Waals surface area (Å²) in [4.78, 5) is 28.5. The predicted octanol–water partition coefficient (Wildman–Crippen LogP) is 3.15. The van der Waals surface area contributed by atoms with E-state index in [1.807, 2.05) is 30.6 Å². The zero-order chi connectivity index (χ0) is 21.2. The molecule has 2 N–H and O–H groups in total. The predicted molar refractivity (Wildman–Crippen MR) is 117 cm³/mol. The standard InChI is InChI=1S/C23H28N4O3/c1-2-3-15-30-19-11-9-18(10-12-19)23(29)25-16-22(28)24-13-6-14-27-17-26-20-7-4-5-8-21(20)27/h4-5,7-12,17H,2-3,6,13-16H2,1H3,(H,24,28)(H,25,29). The molecule has 0 atom stereocenters. The van der Waals surface area contributed by atoms with Crippen LogP contribution in [0.4, 0.5) is 0 Å². The van der Waals surface area contributed by atoms with E-state index in [1.165, 1.54) is 0 Å². The minimum atomic E-state index is -0.282. The molecule has 0 aliphatic heterocycles. The largest absolute Gasteiger partial charge is 0.494 e. The summed E-state index contributed by atoms with van der Waals surface area (Å²) in [7, 11) is 0. The Bertz CT molecular complexity index is 966. The second-order valence-corrected chi connectivity index (χ2v) is 7.04. The van der Waals surface area contributed by atoms with Crippen LogP contribution < -0.4 is 15.4 Å². The SMILES string of the molecule is CCCCOc1ccc(C(=O)NCC(=O)NCCCn2cnc3ccccc32)cc1. The smallest absolute Gasteiger partial charge is 0.251 e. The van der Waals surface area contributed by atoms with E-state index < -0.39 is 0 Å². The lowest BCUT2D eigenvalue weighted by Gasteiger charge is -2.09. The van der Waals surface area contributed by atoms with Crippen molar-refractivity contribution in [3.05, 3.63) is 60.4 Å². The second kappa shape index (κ2) is 11.0. The number of hydrogen-bond donors (Lipinski definition) is 2. The second-order valence-electron chi connectivity index (χ2n) is 7.04. The lowest BCUT2D eigenvalue weighted by molar-refractivity contribution is -0.120. The number of aromatic nitrogens is 2. The molecule has 2 amide bonds. The van der Waals surface area contributed by atoms with Crippen LogP contribution in [0.5, 0.6) is 5.75 Å². The lowest BCUT2D eigenvalue weighted by Crippen LogP contribution is -2.37. The van der Waals surface area contributed by atoms with Gasteiger partial charge in [-0.05, 0) is 49.2 Å². The first-order valence-electron chi connectivity index (χ1n) is 10.3. The van der Waals surface area contributed by atoms with Gasteiger partial charge >= 0.3 is 0 Å². The van der Waals surface area contributed by atoms with Crippen LogP contribution in [0.2, 0.25) is 0 Å². The maximum absolute atomic E-state index is 12.2. The summed E-state index contributed by atoms with van der Waals surface area (Å²) >= 11 is 0. The van der Waals surface area contributed by atoms with Crippen molar-refractivity contribution < 1.29 is 14.3 Å². The van der Waals surface area contributed by atoms with Gasteiger partial charge in [-0.1, -0.05) is 25.5 Å². The molecule has 1 heterocycles. The summed E-state index contributed by atoms with van der Waals surface area (Å²) in [5.41, 5.74) is 2.54. The summed E-state index contributed by atoms with van der Waals surface area (Å²) in [6.45, 7) is 4.01. The number of carbonyl (C=O) groups excluding carboxylic acids is 2. The highest BCUT2D eigenvalue weighted by Crippen LogP contribution is 2.13. The van der Waals surface area contributed by atoms with Gasteiger partial charge in [0.05, 0.1) is 30.5 Å². The molecule has 1 aromatic heterocycles. The van der Waals surface area contributed by atoms with Crippen molar-refractivity contribution in [2.75, 3.05) is 19.7 Å². The molecule has 0 saturated carbocycles. The maximum Gasteiger partial charge on any atom is 0.251 e. The van der Waals surface area contributed by atoms with Crippen molar-refractivity contribution in [2.24, 2.45) is 0 Å². The van der Waals surface area contributed by atoms with Gasteiger partial charge in [0.1, 0.15) is 5.75 Å². The highest BCUT2D eigenvalue weighted by Gasteiger charge is 2.08. The monoisotopic (exact) mass is 408 g/mol. The van der Waals surface area contributed by atoms with E-state index in [2.05, 4.69) is 27.1 Å². The first-order chi connectivity index (χ1) is 14.7. The summed E-state index contributed by atoms with van der Waals surface area (Å²) < 4.78 is 7.65. The highest BCUT2D eigenvalue weighted by molar-refractivity contribution is 5.96. The molecule has 7 heteroatoms. The Hall–Kier alpha value is -3.35. The topological polar surface area (TPSA) is 85.2 Å². The van der Waals surface area contributed by atoms with E-state index in [9.17, 15) is 9.59 Å². The lowest BCUT2D eigenvalue weighted by atomic mass is 10.2. The molecule has 0 aliphatic carbocycles. The Labute approximate surface area is 176 Å². The Morgan fingerprint density at radius 3 is 2.63 bits per heavy atom. The molecule has 0 aliphatic rings. The van der Waals surface area contributed by atoms with E-state index in [-0.39, 0.29) is 18.4 Å². The number of nitrogens with one attached hydrogen (secondary N) is 2. The number of hydrogen-bond acceptors (Lipinski definition) is 4. The number of aryl methyl sites for hydroxylation is 1. The first-order valence-corrected chi connectivity index (χ1v) is 10.3. The normalized spacial score (nSPS) is 10.7. The Kier molecular flexibility index (Phi) is 7.83. The van der Waals surface area contributed by atoms with Crippen LogP contribution in [-0.4, -0.2) is 41.1 Å². The van der Waals surface area contributed by atoms with Crippen molar-refractivity contribution in [2.45, 2.75) is 32.7 Å². The van der Waals surface area contributed by atoms with Crippen LogP contribution in [0, 0.1) is 0 Å². The van der Waals surface area contributed by atoms with Crippen molar-refractivity contribution in [3.63, 3.8) is 0 Å². The van der Waals surface area contributed by atoms with Crippen LogP contribution in [0.15, 0.2) is 54.9 Å². The molecule has 0 unspecified atom stereocenters. The minimum Gasteiger partial charge on any atom is -0.494 e. The number of amides is 2. The molecular weight excluding hydrogens is 380 g/mol. The van der Waals surface area contributed by atoms with Crippen LogP contribution >= 0.6 is 0 Å². The van der Waals surface area contributed by atoms with Gasteiger partial charge in [-0.2, -0.15) is 0 Å². The number of fused-ring (bicyclic) bond motifs is 1. The Morgan fingerprint density at radius 2 is 1.83 bits per heavy atom. The molecule has 0 saturated heterocycles. The zero-order valence-electron chi connectivity index (χ0n) is 17.3. The number of para-hydroxylation sites is 2. The number of carbonyl (C=O) groups is 2. The van der Waals surface area contributed by atoms with Crippen LogP contribution in [-0.2, 0) is 11.3 Å². The minimum absolute atomic E-state index is 0.0540. The van der Waals surface area contributed by atoms with Crippen molar-refractivity contribution in [1.29, 1.82) is 0 Å². The molecule has 0 radical (unpaired) electrons. The van der Waals surface area contributed by atoms with E-state index in [0.717, 1.165) is 42.6 Å². The number of benzene rings is 2. The Morgan fingerprint density at radius 1 is 1.03 bits per heavy atom. The van der Waals surface area contributed by atoms with Crippen molar-refractivity contribution >= 4 is 22.8 Å². The van der Waals surface area contributed by atoms with Gasteiger partial charge in [0, 0.05) is 18.7 Å². The molecule has 158 valence electrons. The quantitative estimate of drug-likeness (QED) is 0.477. The third-order valence-electron chi connectivity index (χ3n) is 4.72. The van der Waals surface area contributed by atoms with E-state index in [1.54, 1.807) is 24.3 Å². The van der Waals surface area contributed by atoms with E-state index >= 15 is 0 Å². The first kappa shape index (κ1) is 21.4. The average Bonchev–Trinajstić information content (AvgIpc) is 3.19. The van der Waals surface area contributed by atoms with Gasteiger partial charge in [-0.3, -0.25) is 9.59 Å². The van der Waals surface area contributed by atoms with Crippen LogP contribution in [0.1, 0.15) is 36.5 Å². The van der Waals surface area contributed by atoms with Crippen molar-refractivity contribution in [3.8, 4) is 5.75 Å². The van der Waals surface area contributed by atoms with Crippen LogP contribution in [0.3, 0.4) is 0 Å². The third kappa shape index (κ3) is 6.07. The molecule has 3 aromatic rings. The van der Waals surface area contributed by atoms with Crippen LogP contribution in [0.25, 0.3) is 11.0 Å². The number of imidazole rings is 1. The summed E-state index contributed by atoms with van der Waals surface area (Å²) in [6.07, 6.45) is 4.66. The van der Waals surface area contributed by atoms with Gasteiger partial charge in [-0.15, -0.1) is 0 Å². The Balaban J connectivity index is 1.34. The molecule has 3 rings (SSSR count).